The second-order valence-corrected chi connectivity index (χ2v) is 3.76. The van der Waals surface area contributed by atoms with Crippen LogP contribution in [0.3, 0.4) is 0 Å². The van der Waals surface area contributed by atoms with Gasteiger partial charge in [-0.15, -0.1) is 5.10 Å². The third-order valence-electron chi connectivity index (χ3n) is 2.40. The van der Waals surface area contributed by atoms with Crippen LogP contribution in [0.4, 0.5) is 16.1 Å². The lowest BCUT2D eigenvalue weighted by Gasteiger charge is -2.05. The fraction of sp³-hybridized carbons (Fsp3) is 0.333. The molecule has 0 aliphatic carbocycles. The third-order valence-corrected chi connectivity index (χ3v) is 2.40. The molecule has 1 aromatic heterocycles. The van der Waals surface area contributed by atoms with E-state index in [1.165, 1.54) is 19.2 Å². The van der Waals surface area contributed by atoms with Crippen molar-refractivity contribution in [3.8, 4) is 5.75 Å². The number of nitrogens with one attached hydrogen (secondary N) is 2. The van der Waals surface area contributed by atoms with Gasteiger partial charge in [0.1, 0.15) is 0 Å². The maximum atomic E-state index is 13.2. The third kappa shape index (κ3) is 3.41. The van der Waals surface area contributed by atoms with Crippen LogP contribution in [0.15, 0.2) is 22.6 Å². The van der Waals surface area contributed by atoms with Crippen molar-refractivity contribution in [3.63, 3.8) is 0 Å². The number of rotatable bonds is 6. The van der Waals surface area contributed by atoms with Crippen LogP contribution in [0.1, 0.15) is 12.8 Å². The lowest BCUT2D eigenvalue weighted by molar-refractivity contribution is 0.387. The zero-order valence-electron chi connectivity index (χ0n) is 10.7. The first-order valence-corrected chi connectivity index (χ1v) is 5.86. The molecule has 0 fully saturated rings. The average Bonchev–Trinajstić information content (AvgIpc) is 2.86. The Labute approximate surface area is 110 Å². The minimum absolute atomic E-state index is 0.150. The molecular formula is C12H15FN4O2. The minimum atomic E-state index is -0.425. The van der Waals surface area contributed by atoms with Gasteiger partial charge >= 0.3 is 6.01 Å². The molecule has 6 nitrogen and oxygen atoms in total. The van der Waals surface area contributed by atoms with Crippen LogP contribution in [0, 0.1) is 5.82 Å². The van der Waals surface area contributed by atoms with E-state index < -0.39 is 5.82 Å². The van der Waals surface area contributed by atoms with Gasteiger partial charge in [0.2, 0.25) is 5.89 Å². The molecule has 0 spiro atoms. The monoisotopic (exact) mass is 266 g/mol. The summed E-state index contributed by atoms with van der Waals surface area (Å²) in [6, 6.07) is 4.63. The van der Waals surface area contributed by atoms with E-state index in [0.717, 1.165) is 6.54 Å². The van der Waals surface area contributed by atoms with Crippen LogP contribution in [-0.2, 0) is 6.54 Å². The molecule has 2 rings (SSSR count). The molecule has 7 heteroatoms. The van der Waals surface area contributed by atoms with Crippen molar-refractivity contribution in [2.45, 2.75) is 13.5 Å². The van der Waals surface area contributed by atoms with Gasteiger partial charge in [-0.25, -0.2) is 4.39 Å². The van der Waals surface area contributed by atoms with Gasteiger partial charge in [-0.1, -0.05) is 12.0 Å². The SMILES string of the molecule is CCNCc1nnc(Nc2ccc(F)c(OC)c2)o1. The Hall–Kier alpha value is -2.15. The zero-order chi connectivity index (χ0) is 13.7. The molecule has 19 heavy (non-hydrogen) atoms. The van der Waals surface area contributed by atoms with Crippen LogP contribution < -0.4 is 15.4 Å². The van der Waals surface area contributed by atoms with E-state index in [1.54, 1.807) is 6.07 Å². The summed E-state index contributed by atoms with van der Waals surface area (Å²) >= 11 is 0. The lowest BCUT2D eigenvalue weighted by Crippen LogP contribution is -2.11. The second-order valence-electron chi connectivity index (χ2n) is 3.76. The number of hydrogen-bond acceptors (Lipinski definition) is 6. The number of aromatic nitrogens is 2. The molecule has 1 aromatic carbocycles. The van der Waals surface area contributed by atoms with Gasteiger partial charge < -0.3 is 19.8 Å². The molecular weight excluding hydrogens is 251 g/mol. The Bertz CT molecular complexity index is 544. The first-order chi connectivity index (χ1) is 9.22. The van der Waals surface area contributed by atoms with Crippen molar-refractivity contribution in [1.29, 1.82) is 0 Å². The predicted octanol–water partition coefficient (Wildman–Crippen LogP) is 2.07. The molecule has 0 aliphatic rings. The number of benzene rings is 1. The Morgan fingerprint density at radius 3 is 2.95 bits per heavy atom. The molecule has 0 aliphatic heterocycles. The number of anilines is 2. The number of hydrogen-bond donors (Lipinski definition) is 2. The van der Waals surface area contributed by atoms with E-state index in [0.29, 0.717) is 18.1 Å². The van der Waals surface area contributed by atoms with Crippen LogP contribution in [0.25, 0.3) is 0 Å². The van der Waals surface area contributed by atoms with Gasteiger partial charge in [-0.05, 0) is 18.7 Å². The predicted molar refractivity (Wildman–Crippen MR) is 67.9 cm³/mol. The van der Waals surface area contributed by atoms with Crippen molar-refractivity contribution >= 4 is 11.7 Å². The smallest absolute Gasteiger partial charge is 0.320 e. The van der Waals surface area contributed by atoms with Gasteiger partial charge in [-0.2, -0.15) is 0 Å². The van der Waals surface area contributed by atoms with Crippen LogP contribution in [0.5, 0.6) is 5.75 Å². The highest BCUT2D eigenvalue weighted by molar-refractivity contribution is 5.55. The van der Waals surface area contributed by atoms with Crippen molar-refractivity contribution in [2.75, 3.05) is 19.0 Å². The van der Waals surface area contributed by atoms with Gasteiger partial charge in [-0.3, -0.25) is 0 Å². The van der Waals surface area contributed by atoms with E-state index >= 15 is 0 Å². The van der Waals surface area contributed by atoms with Crippen molar-refractivity contribution in [2.24, 2.45) is 0 Å². The summed E-state index contributed by atoms with van der Waals surface area (Å²) in [7, 11) is 1.41. The highest BCUT2D eigenvalue weighted by atomic mass is 19.1. The molecule has 2 aromatic rings. The summed E-state index contributed by atoms with van der Waals surface area (Å²) in [5, 5.41) is 13.7. The molecule has 1 heterocycles. The molecule has 0 atom stereocenters. The Kier molecular flexibility index (Phi) is 4.30. The Morgan fingerprint density at radius 1 is 1.37 bits per heavy atom. The van der Waals surface area contributed by atoms with E-state index in [-0.39, 0.29) is 11.8 Å². The molecule has 2 N–H and O–H groups in total. The van der Waals surface area contributed by atoms with Crippen molar-refractivity contribution < 1.29 is 13.5 Å². The van der Waals surface area contributed by atoms with Gasteiger partial charge in [0.25, 0.3) is 0 Å². The van der Waals surface area contributed by atoms with E-state index in [4.69, 9.17) is 9.15 Å². The molecule has 0 amide bonds. The summed E-state index contributed by atoms with van der Waals surface area (Å²) in [5.74, 6) is 0.210. The number of nitrogens with zero attached hydrogens (tertiary/aromatic N) is 2. The highest BCUT2D eigenvalue weighted by Crippen LogP contribution is 2.23. The number of halogens is 1. The lowest BCUT2D eigenvalue weighted by atomic mass is 10.3. The topological polar surface area (TPSA) is 72.2 Å². The van der Waals surface area contributed by atoms with E-state index in [9.17, 15) is 4.39 Å². The van der Waals surface area contributed by atoms with E-state index in [2.05, 4.69) is 20.8 Å². The summed E-state index contributed by atoms with van der Waals surface area (Å²) < 4.78 is 23.5. The fourth-order valence-electron chi connectivity index (χ4n) is 1.47. The summed E-state index contributed by atoms with van der Waals surface area (Å²) in [6.45, 7) is 3.32. The fourth-order valence-corrected chi connectivity index (χ4v) is 1.47. The zero-order valence-corrected chi connectivity index (χ0v) is 10.7. The first kappa shape index (κ1) is 13.3. The van der Waals surface area contributed by atoms with E-state index in [1.807, 2.05) is 6.92 Å². The molecule has 0 saturated carbocycles. The molecule has 0 bridgehead atoms. The van der Waals surface area contributed by atoms with Gasteiger partial charge in [0.15, 0.2) is 11.6 Å². The first-order valence-electron chi connectivity index (χ1n) is 5.86. The highest BCUT2D eigenvalue weighted by Gasteiger charge is 2.08. The molecule has 0 radical (unpaired) electrons. The molecule has 0 saturated heterocycles. The average molecular weight is 266 g/mol. The van der Waals surface area contributed by atoms with Crippen LogP contribution >= 0.6 is 0 Å². The minimum Gasteiger partial charge on any atom is -0.494 e. The summed E-state index contributed by atoms with van der Waals surface area (Å²) in [6.07, 6.45) is 0. The van der Waals surface area contributed by atoms with Crippen molar-refractivity contribution in [1.82, 2.24) is 15.5 Å². The van der Waals surface area contributed by atoms with Crippen molar-refractivity contribution in [3.05, 3.63) is 29.9 Å². The van der Waals surface area contributed by atoms with Gasteiger partial charge in [0, 0.05) is 11.8 Å². The van der Waals surface area contributed by atoms with Crippen LogP contribution in [0.2, 0.25) is 0 Å². The second kappa shape index (κ2) is 6.14. The standard InChI is InChI=1S/C12H15FN4O2/c1-3-14-7-11-16-17-12(19-11)15-8-4-5-9(13)10(6-8)18-2/h4-6,14H,3,7H2,1-2H3,(H,15,17). The number of methoxy groups -OCH3 is 1. The van der Waals surface area contributed by atoms with Gasteiger partial charge in [0.05, 0.1) is 13.7 Å². The normalized spacial score (nSPS) is 10.5. The summed E-state index contributed by atoms with van der Waals surface area (Å²) in [4.78, 5) is 0. The number of ether oxygens (including phenoxy) is 1. The Morgan fingerprint density at radius 2 is 2.21 bits per heavy atom. The quantitative estimate of drug-likeness (QED) is 0.834. The maximum absolute atomic E-state index is 13.2. The Balaban J connectivity index is 2.06. The molecule has 102 valence electrons. The molecule has 0 unspecified atom stereocenters. The largest absolute Gasteiger partial charge is 0.494 e. The maximum Gasteiger partial charge on any atom is 0.320 e. The summed E-state index contributed by atoms with van der Waals surface area (Å²) in [5.41, 5.74) is 0.608. The van der Waals surface area contributed by atoms with Crippen LogP contribution in [-0.4, -0.2) is 23.9 Å².